The highest BCUT2D eigenvalue weighted by molar-refractivity contribution is 5.80. The minimum absolute atomic E-state index is 0.0407. The zero-order valence-electron chi connectivity index (χ0n) is 15.8. The van der Waals surface area contributed by atoms with Gasteiger partial charge in [0.05, 0.1) is 18.7 Å². The molecular formula is C20H23N5O2. The fourth-order valence-electron chi connectivity index (χ4n) is 2.88. The Hall–Kier alpha value is -3.08. The Morgan fingerprint density at radius 2 is 2.11 bits per heavy atom. The van der Waals surface area contributed by atoms with Crippen LogP contribution in [-0.4, -0.2) is 46.6 Å². The molecule has 1 aromatic heterocycles. The smallest absolute Gasteiger partial charge is 0.238 e. The van der Waals surface area contributed by atoms with E-state index in [4.69, 9.17) is 16.4 Å². The van der Waals surface area contributed by atoms with Gasteiger partial charge >= 0.3 is 0 Å². The van der Waals surface area contributed by atoms with Crippen molar-refractivity contribution in [3.05, 3.63) is 23.4 Å². The van der Waals surface area contributed by atoms with Crippen LogP contribution in [0.4, 0.5) is 0 Å². The second-order valence-electron chi connectivity index (χ2n) is 7.15. The lowest BCUT2D eigenvalue weighted by atomic mass is 10.1. The molecular weight excluding hydrogens is 342 g/mol. The Balaban J connectivity index is 1.96. The Bertz CT molecular complexity index is 806. The summed E-state index contributed by atoms with van der Waals surface area (Å²) in [4.78, 5) is 18.3. The summed E-state index contributed by atoms with van der Waals surface area (Å²) < 4.78 is 5.71. The van der Waals surface area contributed by atoms with E-state index >= 15 is 0 Å². The topological polar surface area (TPSA) is 102 Å². The maximum Gasteiger partial charge on any atom is 0.238 e. The lowest BCUT2D eigenvalue weighted by molar-refractivity contribution is -0.131. The molecule has 2 atom stereocenters. The first-order valence-corrected chi connectivity index (χ1v) is 8.74. The third-order valence-corrected chi connectivity index (χ3v) is 4.42. The number of hydrogen-bond donors (Lipinski definition) is 1. The zero-order valence-corrected chi connectivity index (χ0v) is 15.8. The second kappa shape index (κ2) is 8.54. The van der Waals surface area contributed by atoms with Crippen LogP contribution in [0.3, 0.4) is 0 Å². The minimum Gasteiger partial charge on any atom is -0.475 e. The number of aryl methyl sites for hydroxylation is 1. The molecule has 27 heavy (non-hydrogen) atoms. The van der Waals surface area contributed by atoms with Gasteiger partial charge in [-0.15, -0.1) is 6.42 Å². The van der Waals surface area contributed by atoms with Crippen molar-refractivity contribution in [2.45, 2.75) is 51.2 Å². The van der Waals surface area contributed by atoms with Crippen molar-refractivity contribution in [1.82, 2.24) is 15.2 Å². The van der Waals surface area contributed by atoms with Gasteiger partial charge in [0, 0.05) is 11.2 Å². The van der Waals surface area contributed by atoms with Gasteiger partial charge in [-0.1, -0.05) is 5.92 Å². The van der Waals surface area contributed by atoms with E-state index in [-0.39, 0.29) is 31.0 Å². The van der Waals surface area contributed by atoms with E-state index in [9.17, 15) is 10.1 Å². The van der Waals surface area contributed by atoms with Crippen molar-refractivity contribution in [2.75, 3.05) is 13.2 Å². The first-order chi connectivity index (χ1) is 12.8. The standard InChI is InChI=1S/C20H23N5O2/c1-5-16-8-9-17(11-22)25(16)18(26)12-23-20(3,4)13-27-19-15(10-21)7-6-14(2)24-19/h1,6-7,16-17,23H,8-9,12-13H2,2-4H3/t16?,17-/m0/s1. The van der Waals surface area contributed by atoms with Crippen molar-refractivity contribution in [3.8, 4) is 30.4 Å². The van der Waals surface area contributed by atoms with Gasteiger partial charge in [-0.2, -0.15) is 10.5 Å². The number of hydrogen-bond acceptors (Lipinski definition) is 6. The van der Waals surface area contributed by atoms with Crippen LogP contribution in [-0.2, 0) is 4.79 Å². The van der Waals surface area contributed by atoms with Gasteiger partial charge in [-0.05, 0) is 45.7 Å². The maximum atomic E-state index is 12.6. The van der Waals surface area contributed by atoms with E-state index in [0.29, 0.717) is 18.4 Å². The highest BCUT2D eigenvalue weighted by atomic mass is 16.5. The molecule has 140 valence electrons. The molecule has 0 radical (unpaired) electrons. The molecule has 1 aliphatic heterocycles. The summed E-state index contributed by atoms with van der Waals surface area (Å²) in [6.45, 7) is 5.84. The fourth-order valence-corrected chi connectivity index (χ4v) is 2.88. The number of carbonyl (C=O) groups is 1. The number of nitrogens with one attached hydrogen (secondary N) is 1. The van der Waals surface area contributed by atoms with Crippen LogP contribution >= 0.6 is 0 Å². The number of amides is 1. The van der Waals surface area contributed by atoms with Crippen LogP contribution in [0.25, 0.3) is 0 Å². The Labute approximate surface area is 159 Å². The van der Waals surface area contributed by atoms with Gasteiger partial charge in [0.25, 0.3) is 0 Å². The predicted molar refractivity (Wildman–Crippen MR) is 99.4 cm³/mol. The summed E-state index contributed by atoms with van der Waals surface area (Å²) in [7, 11) is 0. The highest BCUT2D eigenvalue weighted by Gasteiger charge is 2.36. The van der Waals surface area contributed by atoms with Crippen LogP contribution < -0.4 is 10.1 Å². The van der Waals surface area contributed by atoms with E-state index in [1.54, 1.807) is 12.1 Å². The summed E-state index contributed by atoms with van der Waals surface area (Å²) in [5.41, 5.74) is 0.557. The molecule has 0 aromatic carbocycles. The number of carbonyl (C=O) groups excluding carboxylic acids is 1. The normalized spacial score (nSPS) is 19.0. The van der Waals surface area contributed by atoms with Crippen LogP contribution in [0.5, 0.6) is 5.88 Å². The third-order valence-electron chi connectivity index (χ3n) is 4.42. The fraction of sp³-hybridized carbons (Fsp3) is 0.500. The number of nitriles is 2. The van der Waals surface area contributed by atoms with Gasteiger partial charge in [0.2, 0.25) is 11.8 Å². The average Bonchev–Trinajstić information content (AvgIpc) is 3.08. The Morgan fingerprint density at radius 1 is 1.41 bits per heavy atom. The molecule has 2 rings (SSSR count). The van der Waals surface area contributed by atoms with Gasteiger partial charge in [-0.25, -0.2) is 4.98 Å². The molecule has 0 spiro atoms. The van der Waals surface area contributed by atoms with Crippen molar-refractivity contribution < 1.29 is 9.53 Å². The molecule has 1 fully saturated rings. The number of aromatic nitrogens is 1. The summed E-state index contributed by atoms with van der Waals surface area (Å²) >= 11 is 0. The van der Waals surface area contributed by atoms with Gasteiger partial charge in [0.1, 0.15) is 24.3 Å². The lowest BCUT2D eigenvalue weighted by Crippen LogP contribution is -2.51. The second-order valence-corrected chi connectivity index (χ2v) is 7.15. The van der Waals surface area contributed by atoms with Gasteiger partial charge in [0.15, 0.2) is 0 Å². The van der Waals surface area contributed by atoms with Crippen molar-refractivity contribution in [3.63, 3.8) is 0 Å². The summed E-state index contributed by atoms with van der Waals surface area (Å²) in [5, 5.41) is 21.5. The number of terminal acetylenes is 1. The molecule has 0 aliphatic carbocycles. The first-order valence-electron chi connectivity index (χ1n) is 8.74. The van der Waals surface area contributed by atoms with E-state index in [2.05, 4.69) is 28.4 Å². The molecule has 0 bridgehead atoms. The average molecular weight is 365 g/mol. The van der Waals surface area contributed by atoms with Crippen LogP contribution in [0, 0.1) is 41.9 Å². The molecule has 1 aliphatic rings. The molecule has 0 saturated carbocycles. The molecule has 1 amide bonds. The van der Waals surface area contributed by atoms with E-state index < -0.39 is 11.6 Å². The monoisotopic (exact) mass is 365 g/mol. The van der Waals surface area contributed by atoms with E-state index in [1.165, 1.54) is 4.90 Å². The van der Waals surface area contributed by atoms with Crippen molar-refractivity contribution >= 4 is 5.91 Å². The maximum absolute atomic E-state index is 12.6. The number of ether oxygens (including phenoxy) is 1. The zero-order chi connectivity index (χ0) is 20.0. The molecule has 1 aromatic rings. The minimum atomic E-state index is -0.554. The summed E-state index contributed by atoms with van der Waals surface area (Å²) in [5.74, 6) is 2.65. The number of rotatable bonds is 6. The first kappa shape index (κ1) is 20.2. The molecule has 2 heterocycles. The quantitative estimate of drug-likeness (QED) is 0.767. The molecule has 1 N–H and O–H groups in total. The van der Waals surface area contributed by atoms with Crippen LogP contribution in [0.2, 0.25) is 0 Å². The van der Waals surface area contributed by atoms with E-state index in [1.807, 2.05) is 20.8 Å². The predicted octanol–water partition coefficient (Wildman–Crippen LogP) is 1.53. The number of pyridine rings is 1. The number of nitrogens with zero attached hydrogens (tertiary/aromatic N) is 4. The lowest BCUT2D eigenvalue weighted by Gasteiger charge is -2.29. The van der Waals surface area contributed by atoms with Crippen molar-refractivity contribution in [2.24, 2.45) is 0 Å². The Morgan fingerprint density at radius 3 is 2.74 bits per heavy atom. The molecule has 1 unspecified atom stereocenters. The molecule has 7 nitrogen and oxygen atoms in total. The van der Waals surface area contributed by atoms with Gasteiger partial charge < -0.3 is 15.0 Å². The molecule has 7 heteroatoms. The van der Waals surface area contributed by atoms with E-state index in [0.717, 1.165) is 5.69 Å². The SMILES string of the molecule is C#CC1CC[C@@H](C#N)N1C(=O)CNC(C)(C)COc1nc(C)ccc1C#N. The van der Waals surface area contributed by atoms with Crippen molar-refractivity contribution in [1.29, 1.82) is 10.5 Å². The number of likely N-dealkylation sites (tertiary alicyclic amines) is 1. The largest absolute Gasteiger partial charge is 0.475 e. The molecule has 1 saturated heterocycles. The summed E-state index contributed by atoms with van der Waals surface area (Å²) in [6.07, 6.45) is 6.72. The third kappa shape index (κ3) is 4.97. The Kier molecular flexibility index (Phi) is 6.40. The highest BCUT2D eigenvalue weighted by Crippen LogP contribution is 2.23. The summed E-state index contributed by atoms with van der Waals surface area (Å²) in [6, 6.07) is 6.79. The van der Waals surface area contributed by atoms with Crippen LogP contribution in [0.15, 0.2) is 12.1 Å². The van der Waals surface area contributed by atoms with Crippen LogP contribution in [0.1, 0.15) is 37.9 Å². The van der Waals surface area contributed by atoms with Gasteiger partial charge in [-0.3, -0.25) is 4.79 Å².